The minimum absolute atomic E-state index is 0.378. The van der Waals surface area contributed by atoms with Crippen LogP contribution in [0.4, 0.5) is 0 Å². The van der Waals surface area contributed by atoms with Crippen molar-refractivity contribution < 1.29 is 19.4 Å². The van der Waals surface area contributed by atoms with Gasteiger partial charge < -0.3 is 14.6 Å². The van der Waals surface area contributed by atoms with Gasteiger partial charge >= 0.3 is 5.97 Å². The molecule has 1 rings (SSSR count). The van der Waals surface area contributed by atoms with Crippen LogP contribution in [0.15, 0.2) is 18.2 Å². The van der Waals surface area contributed by atoms with Crippen LogP contribution in [0.25, 0.3) is 6.08 Å². The second-order valence-corrected chi connectivity index (χ2v) is 3.55. The van der Waals surface area contributed by atoms with E-state index in [4.69, 9.17) is 26.2 Å². The Balaban J connectivity index is 3.14. The van der Waals surface area contributed by atoms with Gasteiger partial charge in [0.25, 0.3) is 0 Å². The molecule has 0 saturated carbocycles. The van der Waals surface area contributed by atoms with Gasteiger partial charge in [-0.05, 0) is 30.7 Å². The molecule has 0 aliphatic rings. The van der Waals surface area contributed by atoms with Crippen LogP contribution in [0.2, 0.25) is 5.02 Å². The SMILES string of the molecule is CCOc1cc(C=CC(=O)O)cc(Cl)c1OC. The van der Waals surface area contributed by atoms with E-state index in [1.807, 2.05) is 6.92 Å². The number of carbonyl (C=O) groups is 1. The van der Waals surface area contributed by atoms with E-state index in [0.717, 1.165) is 6.08 Å². The maximum atomic E-state index is 10.4. The molecule has 0 aromatic heterocycles. The predicted octanol–water partition coefficient (Wildman–Crippen LogP) is 2.85. The third-order valence-electron chi connectivity index (χ3n) is 1.95. The molecule has 0 amide bonds. The predicted molar refractivity (Wildman–Crippen MR) is 65.8 cm³/mol. The zero-order valence-electron chi connectivity index (χ0n) is 9.57. The molecule has 0 atom stereocenters. The Morgan fingerprint density at radius 2 is 2.24 bits per heavy atom. The molecule has 0 fully saturated rings. The maximum Gasteiger partial charge on any atom is 0.328 e. The second kappa shape index (κ2) is 6.15. The smallest absolute Gasteiger partial charge is 0.328 e. The molecule has 17 heavy (non-hydrogen) atoms. The first-order chi connectivity index (χ1) is 8.08. The summed E-state index contributed by atoms with van der Waals surface area (Å²) in [6, 6.07) is 3.29. The van der Waals surface area contributed by atoms with Crippen LogP contribution in [0.3, 0.4) is 0 Å². The van der Waals surface area contributed by atoms with Gasteiger partial charge in [-0.15, -0.1) is 0 Å². The van der Waals surface area contributed by atoms with Gasteiger partial charge in [0.05, 0.1) is 18.7 Å². The molecule has 1 aromatic carbocycles. The van der Waals surface area contributed by atoms with E-state index in [-0.39, 0.29) is 0 Å². The fourth-order valence-electron chi connectivity index (χ4n) is 1.31. The van der Waals surface area contributed by atoms with E-state index in [9.17, 15) is 4.79 Å². The first-order valence-electron chi connectivity index (χ1n) is 4.99. The molecule has 1 aromatic rings. The van der Waals surface area contributed by atoms with Crippen molar-refractivity contribution in [2.75, 3.05) is 13.7 Å². The molecule has 0 radical (unpaired) electrons. The minimum Gasteiger partial charge on any atom is -0.491 e. The number of rotatable bonds is 5. The quantitative estimate of drug-likeness (QED) is 0.823. The molecule has 0 heterocycles. The number of halogens is 1. The lowest BCUT2D eigenvalue weighted by Crippen LogP contribution is -1.96. The molecule has 0 spiro atoms. The van der Waals surface area contributed by atoms with Gasteiger partial charge in [-0.3, -0.25) is 0 Å². The number of carboxylic acids is 1. The first-order valence-corrected chi connectivity index (χ1v) is 5.37. The van der Waals surface area contributed by atoms with Gasteiger partial charge in [-0.2, -0.15) is 0 Å². The fraction of sp³-hybridized carbons (Fsp3) is 0.250. The summed E-state index contributed by atoms with van der Waals surface area (Å²) in [7, 11) is 1.50. The van der Waals surface area contributed by atoms with Crippen molar-refractivity contribution in [3.05, 3.63) is 28.8 Å². The Morgan fingerprint density at radius 3 is 2.76 bits per heavy atom. The van der Waals surface area contributed by atoms with Crippen LogP contribution in [-0.4, -0.2) is 24.8 Å². The average Bonchev–Trinajstić information content (AvgIpc) is 2.26. The Hall–Kier alpha value is -1.68. The van der Waals surface area contributed by atoms with Gasteiger partial charge in [0.2, 0.25) is 0 Å². The number of aliphatic carboxylic acids is 1. The number of ether oxygens (including phenoxy) is 2. The number of hydrogen-bond donors (Lipinski definition) is 1. The number of hydrogen-bond acceptors (Lipinski definition) is 3. The highest BCUT2D eigenvalue weighted by Crippen LogP contribution is 2.36. The molecule has 5 heteroatoms. The third kappa shape index (κ3) is 3.67. The van der Waals surface area contributed by atoms with Crippen LogP contribution in [0.5, 0.6) is 11.5 Å². The maximum absolute atomic E-state index is 10.4. The van der Waals surface area contributed by atoms with Crippen LogP contribution < -0.4 is 9.47 Å². The van der Waals surface area contributed by atoms with E-state index in [0.29, 0.717) is 28.7 Å². The van der Waals surface area contributed by atoms with Crippen molar-refractivity contribution in [2.24, 2.45) is 0 Å². The Kier molecular flexibility index (Phi) is 4.84. The summed E-state index contributed by atoms with van der Waals surface area (Å²) in [5, 5.41) is 8.92. The van der Waals surface area contributed by atoms with Crippen molar-refractivity contribution in [3.63, 3.8) is 0 Å². The molecule has 92 valence electrons. The van der Waals surface area contributed by atoms with Crippen molar-refractivity contribution >= 4 is 23.6 Å². The van der Waals surface area contributed by atoms with Gasteiger partial charge in [-0.25, -0.2) is 4.79 Å². The largest absolute Gasteiger partial charge is 0.491 e. The van der Waals surface area contributed by atoms with Gasteiger partial charge in [-0.1, -0.05) is 11.6 Å². The van der Waals surface area contributed by atoms with E-state index < -0.39 is 5.97 Å². The van der Waals surface area contributed by atoms with Crippen molar-refractivity contribution in [3.8, 4) is 11.5 Å². The Bertz CT molecular complexity index is 440. The van der Waals surface area contributed by atoms with Gasteiger partial charge in [0.1, 0.15) is 0 Å². The molecule has 0 saturated heterocycles. The molecule has 4 nitrogen and oxygen atoms in total. The second-order valence-electron chi connectivity index (χ2n) is 3.14. The lowest BCUT2D eigenvalue weighted by molar-refractivity contribution is -0.131. The van der Waals surface area contributed by atoms with Crippen LogP contribution in [-0.2, 0) is 4.79 Å². The molecule has 0 bridgehead atoms. The number of carboxylic acid groups (broad SMARTS) is 1. The van der Waals surface area contributed by atoms with E-state index in [2.05, 4.69) is 0 Å². The molecular formula is C12H13ClO4. The van der Waals surface area contributed by atoms with Crippen LogP contribution >= 0.6 is 11.6 Å². The van der Waals surface area contributed by atoms with E-state index in [1.54, 1.807) is 12.1 Å². The summed E-state index contributed by atoms with van der Waals surface area (Å²) in [6.45, 7) is 2.31. The van der Waals surface area contributed by atoms with Crippen molar-refractivity contribution in [1.82, 2.24) is 0 Å². The molecule has 0 unspecified atom stereocenters. The number of benzene rings is 1. The van der Waals surface area contributed by atoms with Gasteiger partial charge in [0, 0.05) is 6.08 Å². The Labute approximate surface area is 104 Å². The summed E-state index contributed by atoms with van der Waals surface area (Å²) in [5.74, 6) is -0.0802. The normalized spacial score (nSPS) is 10.5. The first kappa shape index (κ1) is 13.4. The minimum atomic E-state index is -1.02. The highest BCUT2D eigenvalue weighted by Gasteiger charge is 2.10. The van der Waals surface area contributed by atoms with E-state index in [1.165, 1.54) is 13.2 Å². The highest BCUT2D eigenvalue weighted by molar-refractivity contribution is 6.32. The molecule has 1 N–H and O–H groups in total. The van der Waals surface area contributed by atoms with Gasteiger partial charge in [0.15, 0.2) is 11.5 Å². The zero-order chi connectivity index (χ0) is 12.8. The van der Waals surface area contributed by atoms with Crippen molar-refractivity contribution in [1.29, 1.82) is 0 Å². The molecular weight excluding hydrogens is 244 g/mol. The summed E-state index contributed by atoms with van der Waals surface area (Å²) in [4.78, 5) is 10.4. The monoisotopic (exact) mass is 256 g/mol. The topological polar surface area (TPSA) is 55.8 Å². The van der Waals surface area contributed by atoms with Crippen LogP contribution in [0, 0.1) is 0 Å². The summed E-state index contributed by atoms with van der Waals surface area (Å²) < 4.78 is 10.5. The average molecular weight is 257 g/mol. The zero-order valence-corrected chi connectivity index (χ0v) is 10.3. The Morgan fingerprint density at radius 1 is 1.53 bits per heavy atom. The summed E-state index contributed by atoms with van der Waals surface area (Å²) >= 11 is 6.00. The lowest BCUT2D eigenvalue weighted by atomic mass is 10.2. The third-order valence-corrected chi connectivity index (χ3v) is 2.23. The molecule has 0 aliphatic carbocycles. The standard InChI is InChI=1S/C12H13ClO4/c1-3-17-10-7-8(4-5-11(14)15)6-9(13)12(10)16-2/h4-7H,3H2,1-2H3,(H,14,15). The summed E-state index contributed by atoms with van der Waals surface area (Å²) in [6.07, 6.45) is 2.48. The summed E-state index contributed by atoms with van der Waals surface area (Å²) in [5.41, 5.74) is 0.640. The molecule has 0 aliphatic heterocycles. The number of methoxy groups -OCH3 is 1. The van der Waals surface area contributed by atoms with Crippen molar-refractivity contribution in [2.45, 2.75) is 6.92 Å². The fourth-order valence-corrected chi connectivity index (χ4v) is 1.61. The highest BCUT2D eigenvalue weighted by atomic mass is 35.5. The van der Waals surface area contributed by atoms with E-state index >= 15 is 0 Å². The lowest BCUT2D eigenvalue weighted by Gasteiger charge is -2.11. The van der Waals surface area contributed by atoms with Crippen LogP contribution in [0.1, 0.15) is 12.5 Å².